The molecule has 0 aliphatic heterocycles. The maximum absolute atomic E-state index is 4.67. The van der Waals surface area contributed by atoms with Crippen molar-refractivity contribution in [2.24, 2.45) is 5.73 Å². The minimum atomic E-state index is 0.954. The lowest BCUT2D eigenvalue weighted by molar-refractivity contribution is 1.13. The van der Waals surface area contributed by atoms with Crippen molar-refractivity contribution in [1.29, 1.82) is 0 Å². The van der Waals surface area contributed by atoms with E-state index >= 15 is 0 Å². The molecule has 0 amide bonds. The van der Waals surface area contributed by atoms with Crippen LogP contribution in [-0.2, 0) is 0 Å². The molecule has 290 valence electrons. The highest BCUT2D eigenvalue weighted by Gasteiger charge is 2.18. The van der Waals surface area contributed by atoms with Gasteiger partial charge in [-0.3, -0.25) is 19.9 Å². The molecule has 0 saturated heterocycles. The molecule has 6 aromatic heterocycles. The number of rotatable bonds is 6. The van der Waals surface area contributed by atoms with Crippen molar-refractivity contribution >= 4 is 43.6 Å². The van der Waals surface area contributed by atoms with Crippen molar-refractivity contribution in [2.75, 3.05) is 7.05 Å². The number of benzene rings is 5. The zero-order valence-corrected chi connectivity index (χ0v) is 33.7. The van der Waals surface area contributed by atoms with Crippen LogP contribution >= 0.6 is 0 Å². The van der Waals surface area contributed by atoms with Crippen LogP contribution in [0.3, 0.4) is 0 Å². The van der Waals surface area contributed by atoms with Gasteiger partial charge < -0.3 is 14.9 Å². The summed E-state index contributed by atoms with van der Waals surface area (Å²) >= 11 is 0. The van der Waals surface area contributed by atoms with Crippen LogP contribution in [0.4, 0.5) is 0 Å². The van der Waals surface area contributed by atoms with Gasteiger partial charge in [-0.25, -0.2) is 0 Å². The molecule has 7 nitrogen and oxygen atoms in total. The van der Waals surface area contributed by atoms with E-state index in [1.807, 2.05) is 75.3 Å². The van der Waals surface area contributed by atoms with Crippen LogP contribution in [0.25, 0.3) is 99.8 Å². The Morgan fingerprint density at radius 1 is 0.367 bits per heavy atom. The summed E-state index contributed by atoms with van der Waals surface area (Å²) in [5.41, 5.74) is 19.8. The number of hydrogen-bond donors (Lipinski definition) is 1. The smallest absolute Gasteiger partial charge is 0.0708 e. The molecule has 6 heterocycles. The van der Waals surface area contributed by atoms with Crippen LogP contribution in [0.2, 0.25) is 0 Å². The van der Waals surface area contributed by atoms with Gasteiger partial charge in [-0.1, -0.05) is 92.7 Å². The molecule has 0 radical (unpaired) electrons. The Balaban J connectivity index is 0.00000112. The van der Waals surface area contributed by atoms with Gasteiger partial charge in [0.15, 0.2) is 0 Å². The molecule has 0 unspecified atom stereocenters. The summed E-state index contributed by atoms with van der Waals surface area (Å²) in [5, 5.41) is 4.50. The van der Waals surface area contributed by atoms with E-state index in [1.165, 1.54) is 7.05 Å². The summed E-state index contributed by atoms with van der Waals surface area (Å²) < 4.78 is 4.71. The molecule has 0 spiro atoms. The number of hydrogen-bond acceptors (Lipinski definition) is 5. The average molecular weight is 778 g/mol. The Kier molecular flexibility index (Phi) is 10.5. The largest absolute Gasteiger partial charge is 0.333 e. The van der Waals surface area contributed by atoms with Crippen molar-refractivity contribution in [3.63, 3.8) is 0 Å². The molecule has 0 bridgehead atoms. The van der Waals surface area contributed by atoms with Gasteiger partial charge in [-0.2, -0.15) is 0 Å². The van der Waals surface area contributed by atoms with Crippen molar-refractivity contribution in [1.82, 2.24) is 29.1 Å². The third kappa shape index (κ3) is 6.57. The molecule has 60 heavy (non-hydrogen) atoms. The van der Waals surface area contributed by atoms with Crippen LogP contribution in [0.5, 0.6) is 0 Å². The summed E-state index contributed by atoms with van der Waals surface area (Å²) in [6.07, 6.45) is 11.4. The van der Waals surface area contributed by atoms with E-state index in [-0.39, 0.29) is 0 Å². The lowest BCUT2D eigenvalue weighted by atomic mass is 9.96. The number of aromatic nitrogens is 6. The van der Waals surface area contributed by atoms with Gasteiger partial charge >= 0.3 is 0 Å². The molecule has 7 heteroatoms. The summed E-state index contributed by atoms with van der Waals surface area (Å²) in [5.74, 6) is 0. The van der Waals surface area contributed by atoms with Crippen molar-refractivity contribution in [2.45, 2.75) is 13.8 Å². The first kappa shape index (κ1) is 37.8. The van der Waals surface area contributed by atoms with Gasteiger partial charge in [0, 0.05) is 81.2 Å². The van der Waals surface area contributed by atoms with E-state index in [0.717, 1.165) is 99.8 Å². The van der Waals surface area contributed by atoms with E-state index < -0.39 is 0 Å². The maximum Gasteiger partial charge on any atom is 0.0708 e. The Labute approximate surface area is 349 Å². The SMILES string of the molecule is CC.CN.c1ccc(-c2ccccc2-c2ccc3c(c2)c2cnccc2n3-c2cccc(-n3c4ccncc4c4cc(-c5ccccc5-c5ccccn5)ccc43)c2)nc1. The van der Waals surface area contributed by atoms with Gasteiger partial charge in [0.25, 0.3) is 0 Å². The first-order valence-corrected chi connectivity index (χ1v) is 20.3. The van der Waals surface area contributed by atoms with Crippen LogP contribution < -0.4 is 5.73 Å². The predicted molar refractivity (Wildman–Crippen MR) is 250 cm³/mol. The highest BCUT2D eigenvalue weighted by Crippen LogP contribution is 2.40. The average Bonchev–Trinajstić information content (AvgIpc) is 3.86. The predicted octanol–water partition coefficient (Wildman–Crippen LogP) is 12.7. The molecular weight excluding hydrogens is 735 g/mol. The second kappa shape index (κ2) is 16.6. The summed E-state index contributed by atoms with van der Waals surface area (Å²) in [4.78, 5) is 18.5. The standard InChI is InChI=1S/C50H32N6.C2H6.CH5N/c1-3-14-39(45-16-5-7-24-53-45)37(12-1)33-18-20-47-41(28-33)43-31-51-26-22-49(43)55(47)35-10-9-11-36(30-35)56-48-21-19-34(29-42(48)44-32-52-27-23-50(44)56)38-13-2-4-15-40(38)46-17-6-8-25-54-46;2*1-2/h1-32H;1-2H3;2H2,1H3. The third-order valence-electron chi connectivity index (χ3n) is 10.8. The Bertz CT molecular complexity index is 3040. The summed E-state index contributed by atoms with van der Waals surface area (Å²) in [6.45, 7) is 4.00. The lowest BCUT2D eigenvalue weighted by Gasteiger charge is -2.13. The van der Waals surface area contributed by atoms with Gasteiger partial charge in [0.05, 0.1) is 33.5 Å². The molecule has 0 saturated carbocycles. The topological polar surface area (TPSA) is 87.4 Å². The minimum absolute atomic E-state index is 0.954. The number of pyridine rings is 4. The number of nitrogens with two attached hydrogens (primary N) is 1. The quantitative estimate of drug-likeness (QED) is 0.182. The van der Waals surface area contributed by atoms with Gasteiger partial charge in [0.2, 0.25) is 0 Å². The van der Waals surface area contributed by atoms with E-state index in [0.29, 0.717) is 0 Å². The molecule has 11 rings (SSSR count). The van der Waals surface area contributed by atoms with Crippen LogP contribution in [0.15, 0.2) is 195 Å². The van der Waals surface area contributed by atoms with Crippen LogP contribution in [-0.4, -0.2) is 36.1 Å². The Hall–Kier alpha value is -7.74. The van der Waals surface area contributed by atoms with E-state index in [4.69, 9.17) is 0 Å². The van der Waals surface area contributed by atoms with Gasteiger partial charge in [-0.05, 0) is 108 Å². The normalized spacial score (nSPS) is 11.0. The first-order chi connectivity index (χ1) is 29.8. The van der Waals surface area contributed by atoms with Crippen molar-refractivity contribution in [3.8, 4) is 56.1 Å². The maximum atomic E-state index is 4.67. The molecule has 11 aromatic rings. The number of fused-ring (bicyclic) bond motifs is 6. The lowest BCUT2D eigenvalue weighted by Crippen LogP contribution is -1.98. The van der Waals surface area contributed by atoms with Crippen LogP contribution in [0, 0.1) is 0 Å². The van der Waals surface area contributed by atoms with E-state index in [2.05, 4.69) is 168 Å². The zero-order valence-electron chi connectivity index (χ0n) is 33.7. The van der Waals surface area contributed by atoms with E-state index in [1.54, 1.807) is 0 Å². The fourth-order valence-corrected chi connectivity index (χ4v) is 8.36. The van der Waals surface area contributed by atoms with Crippen molar-refractivity contribution in [3.05, 3.63) is 195 Å². The van der Waals surface area contributed by atoms with Crippen LogP contribution in [0.1, 0.15) is 13.8 Å². The summed E-state index contributed by atoms with van der Waals surface area (Å²) in [7, 11) is 1.50. The molecule has 0 atom stereocenters. The molecular formula is C53H43N7. The first-order valence-electron chi connectivity index (χ1n) is 20.3. The molecule has 0 fully saturated rings. The summed E-state index contributed by atoms with van der Waals surface area (Å²) in [6, 6.07) is 55.6. The monoisotopic (exact) mass is 777 g/mol. The molecule has 2 N–H and O–H groups in total. The Morgan fingerprint density at radius 3 is 1.22 bits per heavy atom. The molecule has 0 aliphatic carbocycles. The fraction of sp³-hybridized carbons (Fsp3) is 0.0566. The van der Waals surface area contributed by atoms with Gasteiger partial charge in [-0.15, -0.1) is 0 Å². The zero-order chi connectivity index (χ0) is 41.0. The fourth-order valence-electron chi connectivity index (χ4n) is 8.36. The van der Waals surface area contributed by atoms with E-state index in [9.17, 15) is 0 Å². The third-order valence-corrected chi connectivity index (χ3v) is 10.8. The van der Waals surface area contributed by atoms with Crippen molar-refractivity contribution < 1.29 is 0 Å². The number of nitrogens with zero attached hydrogens (tertiary/aromatic N) is 6. The second-order valence-electron chi connectivity index (χ2n) is 14.0. The minimum Gasteiger partial charge on any atom is -0.333 e. The van der Waals surface area contributed by atoms with Gasteiger partial charge in [0.1, 0.15) is 0 Å². The second-order valence-corrected chi connectivity index (χ2v) is 14.0. The highest BCUT2D eigenvalue weighted by atomic mass is 15.0. The molecule has 0 aliphatic rings. The highest BCUT2D eigenvalue weighted by molar-refractivity contribution is 6.12. The molecule has 5 aromatic carbocycles. The Morgan fingerprint density at radius 2 is 0.783 bits per heavy atom.